The highest BCUT2D eigenvalue weighted by atomic mass is 127. The van der Waals surface area contributed by atoms with E-state index in [1.807, 2.05) is 14.0 Å². The minimum absolute atomic E-state index is 0. The lowest BCUT2D eigenvalue weighted by atomic mass is 10.1. The van der Waals surface area contributed by atoms with E-state index in [9.17, 15) is 0 Å². The molecule has 1 aliphatic rings. The first-order valence-electron chi connectivity index (χ1n) is 7.91. The van der Waals surface area contributed by atoms with Gasteiger partial charge in [-0.1, -0.05) is 0 Å². The number of aliphatic imine (C=N–C) groups is 1. The van der Waals surface area contributed by atoms with E-state index in [1.54, 1.807) is 7.11 Å². The molecule has 7 heteroatoms. The standard InChI is InChI=1S/C15H31N3O3.HI/c1-4-20-9-5-7-17-15(16-2)18-8-6-14(12-18)13-21-11-10-19-3;/h14H,4-13H2,1-3H3,(H,16,17);1H. The van der Waals surface area contributed by atoms with Crippen molar-refractivity contribution in [2.24, 2.45) is 10.9 Å². The highest BCUT2D eigenvalue weighted by Gasteiger charge is 2.24. The Hall–Kier alpha value is -0.120. The fourth-order valence-corrected chi connectivity index (χ4v) is 2.40. The molecular formula is C15H32IN3O3. The molecule has 1 atom stereocenters. The SMILES string of the molecule is CCOCCCNC(=NC)N1CCC(COCCOC)C1.I. The maximum atomic E-state index is 5.62. The van der Waals surface area contributed by atoms with Gasteiger partial charge in [0.15, 0.2) is 5.96 Å². The monoisotopic (exact) mass is 429 g/mol. The molecule has 0 amide bonds. The predicted octanol–water partition coefficient (Wildman–Crippen LogP) is 1.59. The van der Waals surface area contributed by atoms with Gasteiger partial charge in [0.2, 0.25) is 0 Å². The summed E-state index contributed by atoms with van der Waals surface area (Å²) in [4.78, 5) is 6.67. The Morgan fingerprint density at radius 2 is 2.09 bits per heavy atom. The van der Waals surface area contributed by atoms with Gasteiger partial charge in [-0.3, -0.25) is 4.99 Å². The third kappa shape index (κ3) is 9.12. The normalized spacial score (nSPS) is 18.4. The molecule has 6 nitrogen and oxygen atoms in total. The molecule has 22 heavy (non-hydrogen) atoms. The van der Waals surface area contributed by atoms with Gasteiger partial charge in [0.1, 0.15) is 0 Å². The van der Waals surface area contributed by atoms with E-state index in [1.165, 1.54) is 0 Å². The van der Waals surface area contributed by atoms with Crippen LogP contribution in [0.4, 0.5) is 0 Å². The quantitative estimate of drug-likeness (QED) is 0.248. The molecule has 1 aliphatic heterocycles. The smallest absolute Gasteiger partial charge is 0.193 e. The average Bonchev–Trinajstić information content (AvgIpc) is 2.96. The van der Waals surface area contributed by atoms with E-state index in [0.717, 1.165) is 58.3 Å². The van der Waals surface area contributed by atoms with Crippen molar-refractivity contribution in [2.45, 2.75) is 19.8 Å². The zero-order valence-electron chi connectivity index (χ0n) is 14.2. The molecule has 1 N–H and O–H groups in total. The van der Waals surface area contributed by atoms with Gasteiger partial charge in [0.05, 0.1) is 19.8 Å². The lowest BCUT2D eigenvalue weighted by Gasteiger charge is -2.21. The van der Waals surface area contributed by atoms with Crippen LogP contribution in [-0.2, 0) is 14.2 Å². The molecule has 0 aromatic heterocycles. The molecule has 1 saturated heterocycles. The van der Waals surface area contributed by atoms with E-state index in [2.05, 4.69) is 15.2 Å². The summed E-state index contributed by atoms with van der Waals surface area (Å²) in [6, 6.07) is 0. The van der Waals surface area contributed by atoms with Crippen molar-refractivity contribution in [2.75, 3.05) is 66.8 Å². The predicted molar refractivity (Wildman–Crippen MR) is 100 cm³/mol. The third-order valence-electron chi connectivity index (χ3n) is 3.54. The van der Waals surface area contributed by atoms with Gasteiger partial charge in [0, 0.05) is 52.9 Å². The minimum Gasteiger partial charge on any atom is -0.382 e. The molecule has 0 aliphatic carbocycles. The number of guanidine groups is 1. The molecule has 1 rings (SSSR count). The van der Waals surface area contributed by atoms with Gasteiger partial charge < -0.3 is 24.4 Å². The number of ether oxygens (including phenoxy) is 3. The highest BCUT2D eigenvalue weighted by molar-refractivity contribution is 14.0. The van der Waals surface area contributed by atoms with E-state index in [-0.39, 0.29) is 24.0 Å². The molecule has 0 spiro atoms. The van der Waals surface area contributed by atoms with Crippen molar-refractivity contribution in [1.82, 2.24) is 10.2 Å². The number of nitrogens with zero attached hydrogens (tertiary/aromatic N) is 2. The number of likely N-dealkylation sites (tertiary alicyclic amines) is 1. The molecule has 1 fully saturated rings. The van der Waals surface area contributed by atoms with Crippen LogP contribution < -0.4 is 5.32 Å². The van der Waals surface area contributed by atoms with E-state index in [4.69, 9.17) is 14.2 Å². The van der Waals surface area contributed by atoms with Crippen LogP contribution in [0.5, 0.6) is 0 Å². The first-order valence-corrected chi connectivity index (χ1v) is 7.91. The van der Waals surface area contributed by atoms with Crippen molar-refractivity contribution in [3.05, 3.63) is 0 Å². The number of nitrogens with one attached hydrogen (secondary N) is 1. The van der Waals surface area contributed by atoms with Gasteiger partial charge in [-0.2, -0.15) is 0 Å². The topological polar surface area (TPSA) is 55.3 Å². The van der Waals surface area contributed by atoms with Crippen molar-refractivity contribution in [3.8, 4) is 0 Å². The molecule has 0 saturated carbocycles. The summed E-state index contributed by atoms with van der Waals surface area (Å²) in [6.45, 7) is 8.71. The zero-order chi connectivity index (χ0) is 15.3. The molecular weight excluding hydrogens is 397 g/mol. The van der Waals surface area contributed by atoms with E-state index >= 15 is 0 Å². The lowest BCUT2D eigenvalue weighted by molar-refractivity contribution is 0.0536. The Balaban J connectivity index is 0.00000441. The van der Waals surface area contributed by atoms with Gasteiger partial charge in [-0.25, -0.2) is 0 Å². The summed E-state index contributed by atoms with van der Waals surface area (Å²) < 4.78 is 15.9. The lowest BCUT2D eigenvalue weighted by Crippen LogP contribution is -2.40. The molecule has 0 aromatic rings. The summed E-state index contributed by atoms with van der Waals surface area (Å²) in [5.41, 5.74) is 0. The molecule has 0 radical (unpaired) electrons. The summed E-state index contributed by atoms with van der Waals surface area (Å²) in [6.07, 6.45) is 2.16. The van der Waals surface area contributed by atoms with Gasteiger partial charge in [-0.15, -0.1) is 24.0 Å². The fraction of sp³-hybridized carbons (Fsp3) is 0.933. The fourth-order valence-electron chi connectivity index (χ4n) is 2.40. The number of halogens is 1. The maximum absolute atomic E-state index is 5.62. The van der Waals surface area contributed by atoms with Gasteiger partial charge in [-0.05, 0) is 19.8 Å². The van der Waals surface area contributed by atoms with Gasteiger partial charge >= 0.3 is 0 Å². The second-order valence-electron chi connectivity index (χ2n) is 5.19. The van der Waals surface area contributed by atoms with Crippen molar-refractivity contribution in [3.63, 3.8) is 0 Å². The first kappa shape index (κ1) is 21.9. The Morgan fingerprint density at radius 1 is 1.27 bits per heavy atom. The van der Waals surface area contributed by atoms with Crippen molar-refractivity contribution >= 4 is 29.9 Å². The molecule has 1 heterocycles. The van der Waals surface area contributed by atoms with E-state index in [0.29, 0.717) is 19.1 Å². The second-order valence-corrected chi connectivity index (χ2v) is 5.19. The molecule has 0 bridgehead atoms. The summed E-state index contributed by atoms with van der Waals surface area (Å²) >= 11 is 0. The van der Waals surface area contributed by atoms with E-state index < -0.39 is 0 Å². The average molecular weight is 429 g/mol. The van der Waals surface area contributed by atoms with Crippen LogP contribution in [0.15, 0.2) is 4.99 Å². The number of rotatable bonds is 10. The Kier molecular flexibility index (Phi) is 14.4. The third-order valence-corrected chi connectivity index (χ3v) is 3.54. The van der Waals surface area contributed by atoms with Crippen LogP contribution in [0.25, 0.3) is 0 Å². The van der Waals surface area contributed by atoms with Crippen molar-refractivity contribution < 1.29 is 14.2 Å². The van der Waals surface area contributed by atoms with Crippen LogP contribution >= 0.6 is 24.0 Å². The Bertz CT molecular complexity index is 293. The zero-order valence-corrected chi connectivity index (χ0v) is 16.5. The Morgan fingerprint density at radius 3 is 2.77 bits per heavy atom. The van der Waals surface area contributed by atoms with Crippen molar-refractivity contribution in [1.29, 1.82) is 0 Å². The van der Waals surface area contributed by atoms with Crippen LogP contribution in [0.3, 0.4) is 0 Å². The Labute approximate surface area is 152 Å². The van der Waals surface area contributed by atoms with Crippen LogP contribution in [0.1, 0.15) is 19.8 Å². The molecule has 1 unspecified atom stereocenters. The van der Waals surface area contributed by atoms with Crippen LogP contribution in [0, 0.1) is 5.92 Å². The first-order chi connectivity index (χ1) is 10.3. The number of methoxy groups -OCH3 is 1. The number of hydrogen-bond acceptors (Lipinski definition) is 4. The summed E-state index contributed by atoms with van der Waals surface area (Å²) in [5.74, 6) is 1.58. The van der Waals surface area contributed by atoms with Crippen LogP contribution in [0.2, 0.25) is 0 Å². The maximum Gasteiger partial charge on any atom is 0.193 e. The molecule has 132 valence electrons. The largest absolute Gasteiger partial charge is 0.382 e. The molecule has 0 aromatic carbocycles. The highest BCUT2D eigenvalue weighted by Crippen LogP contribution is 2.16. The van der Waals surface area contributed by atoms with Crippen LogP contribution in [-0.4, -0.2) is 77.7 Å². The summed E-state index contributed by atoms with van der Waals surface area (Å²) in [7, 11) is 3.54. The second kappa shape index (κ2) is 14.5. The number of hydrogen-bond donors (Lipinski definition) is 1. The van der Waals surface area contributed by atoms with Gasteiger partial charge in [0.25, 0.3) is 0 Å². The minimum atomic E-state index is 0. The summed E-state index contributed by atoms with van der Waals surface area (Å²) in [5, 5.41) is 3.40.